The summed E-state index contributed by atoms with van der Waals surface area (Å²) < 4.78 is 5.56. The second-order valence-electron chi connectivity index (χ2n) is 5.83. The van der Waals surface area contributed by atoms with Gasteiger partial charge in [-0.05, 0) is 41.0 Å². The van der Waals surface area contributed by atoms with Crippen molar-refractivity contribution in [3.8, 4) is 5.75 Å². The van der Waals surface area contributed by atoms with Gasteiger partial charge in [0.15, 0.2) is 12.9 Å². The Morgan fingerprint density at radius 2 is 1.92 bits per heavy atom. The van der Waals surface area contributed by atoms with Crippen LogP contribution in [0.4, 0.5) is 0 Å². The number of carbonyl (C=O) groups excluding carboxylic acids is 2. The minimum absolute atomic E-state index is 0.144. The van der Waals surface area contributed by atoms with Crippen LogP contribution in [-0.2, 0) is 11.2 Å². The highest BCUT2D eigenvalue weighted by atomic mass is 35.5. The Balaban J connectivity index is 1.56. The van der Waals surface area contributed by atoms with E-state index in [1.807, 2.05) is 54.6 Å². The smallest absolute Gasteiger partial charge is 0.257 e. The van der Waals surface area contributed by atoms with Crippen LogP contribution in [-0.4, -0.2) is 25.3 Å². The maximum atomic E-state index is 12.0. The number of hydrogen-bond donors (Lipinski definition) is 1. The van der Waals surface area contributed by atoms with E-state index < -0.39 is 0 Å². The third kappa shape index (κ3) is 4.41. The molecule has 0 unspecified atom stereocenters. The van der Waals surface area contributed by atoms with Crippen LogP contribution in [0.5, 0.6) is 5.75 Å². The molecule has 0 saturated carbocycles. The highest BCUT2D eigenvalue weighted by molar-refractivity contribution is 6.30. The van der Waals surface area contributed by atoms with E-state index in [2.05, 4.69) is 5.32 Å². The SMILES string of the molecule is O=Cc1c(OCC(=O)NCCc2cccc(Cl)c2)ccc2ccccc12. The number of ether oxygens (including phenoxy) is 1. The number of amides is 1. The fraction of sp³-hybridized carbons (Fsp3) is 0.143. The quantitative estimate of drug-likeness (QED) is 0.641. The Labute approximate surface area is 156 Å². The number of halogens is 1. The first-order valence-electron chi connectivity index (χ1n) is 8.28. The van der Waals surface area contributed by atoms with Gasteiger partial charge in [-0.25, -0.2) is 0 Å². The molecule has 0 heterocycles. The van der Waals surface area contributed by atoms with Crippen LogP contribution < -0.4 is 10.1 Å². The minimum atomic E-state index is -0.239. The molecule has 0 radical (unpaired) electrons. The van der Waals surface area contributed by atoms with E-state index in [0.29, 0.717) is 29.3 Å². The molecule has 3 rings (SSSR count). The van der Waals surface area contributed by atoms with Crippen molar-refractivity contribution in [3.63, 3.8) is 0 Å². The Hall–Kier alpha value is -2.85. The fourth-order valence-corrected chi connectivity index (χ4v) is 2.97. The van der Waals surface area contributed by atoms with E-state index in [9.17, 15) is 9.59 Å². The zero-order valence-electron chi connectivity index (χ0n) is 14.1. The standard InChI is InChI=1S/C21H18ClNO3/c22-17-6-3-4-15(12-17)10-11-23-21(25)14-26-20-9-8-16-5-1-2-7-18(16)19(20)13-24/h1-9,12-13H,10-11,14H2,(H,23,25). The molecule has 3 aromatic rings. The molecular formula is C21H18ClNO3. The number of fused-ring (bicyclic) bond motifs is 1. The van der Waals surface area contributed by atoms with Crippen molar-refractivity contribution >= 4 is 34.6 Å². The summed E-state index contributed by atoms with van der Waals surface area (Å²) in [7, 11) is 0. The second-order valence-corrected chi connectivity index (χ2v) is 6.27. The van der Waals surface area contributed by atoms with Crippen molar-refractivity contribution in [3.05, 3.63) is 76.8 Å². The van der Waals surface area contributed by atoms with Crippen LogP contribution in [0.3, 0.4) is 0 Å². The summed E-state index contributed by atoms with van der Waals surface area (Å²) in [5.74, 6) is 0.167. The molecule has 0 aliphatic heterocycles. The Morgan fingerprint density at radius 3 is 2.73 bits per heavy atom. The van der Waals surface area contributed by atoms with Gasteiger partial charge in [0.2, 0.25) is 0 Å². The first-order valence-corrected chi connectivity index (χ1v) is 8.66. The zero-order chi connectivity index (χ0) is 18.4. The number of nitrogens with one attached hydrogen (secondary N) is 1. The lowest BCUT2D eigenvalue weighted by Crippen LogP contribution is -2.30. The summed E-state index contributed by atoms with van der Waals surface area (Å²) >= 11 is 5.94. The van der Waals surface area contributed by atoms with Gasteiger partial charge in [0.1, 0.15) is 5.75 Å². The van der Waals surface area contributed by atoms with Crippen LogP contribution in [0.1, 0.15) is 15.9 Å². The second kappa shape index (κ2) is 8.50. The lowest BCUT2D eigenvalue weighted by atomic mass is 10.0. The average Bonchev–Trinajstić information content (AvgIpc) is 2.66. The molecule has 3 aromatic carbocycles. The third-order valence-corrected chi connectivity index (χ3v) is 4.27. The Bertz CT molecular complexity index is 939. The maximum absolute atomic E-state index is 12.0. The molecule has 0 aliphatic rings. The van der Waals surface area contributed by atoms with E-state index >= 15 is 0 Å². The summed E-state index contributed by atoms with van der Waals surface area (Å²) in [5.41, 5.74) is 1.51. The summed E-state index contributed by atoms with van der Waals surface area (Å²) in [6.45, 7) is 0.343. The molecule has 0 aromatic heterocycles. The van der Waals surface area contributed by atoms with E-state index in [0.717, 1.165) is 22.6 Å². The predicted molar refractivity (Wildman–Crippen MR) is 103 cm³/mol. The van der Waals surface area contributed by atoms with Crippen molar-refractivity contribution in [2.45, 2.75) is 6.42 Å². The van der Waals surface area contributed by atoms with E-state index in [1.165, 1.54) is 0 Å². The van der Waals surface area contributed by atoms with E-state index in [1.54, 1.807) is 6.07 Å². The molecule has 4 nitrogen and oxygen atoms in total. The van der Waals surface area contributed by atoms with Gasteiger partial charge < -0.3 is 10.1 Å². The predicted octanol–water partition coefficient (Wildman–Crippen LogP) is 4.04. The molecule has 0 atom stereocenters. The van der Waals surface area contributed by atoms with Crippen LogP contribution in [0, 0.1) is 0 Å². The number of hydrogen-bond acceptors (Lipinski definition) is 3. The van der Waals surface area contributed by atoms with Gasteiger partial charge in [0.05, 0.1) is 5.56 Å². The van der Waals surface area contributed by atoms with Crippen molar-refractivity contribution in [1.29, 1.82) is 0 Å². The lowest BCUT2D eigenvalue weighted by Gasteiger charge is -2.11. The molecule has 1 amide bonds. The molecule has 0 fully saturated rings. The molecular weight excluding hydrogens is 350 g/mol. The Kier molecular flexibility index (Phi) is 5.87. The van der Waals surface area contributed by atoms with Gasteiger partial charge in [-0.15, -0.1) is 0 Å². The normalized spacial score (nSPS) is 10.5. The minimum Gasteiger partial charge on any atom is -0.483 e. The summed E-state index contributed by atoms with van der Waals surface area (Å²) in [5, 5.41) is 5.23. The largest absolute Gasteiger partial charge is 0.483 e. The number of benzene rings is 3. The van der Waals surface area contributed by atoms with Gasteiger partial charge >= 0.3 is 0 Å². The van der Waals surface area contributed by atoms with Crippen LogP contribution in [0.2, 0.25) is 5.02 Å². The first kappa shape index (κ1) is 18.0. The van der Waals surface area contributed by atoms with Gasteiger partial charge in [-0.2, -0.15) is 0 Å². The van der Waals surface area contributed by atoms with Gasteiger partial charge in [0, 0.05) is 11.6 Å². The third-order valence-electron chi connectivity index (χ3n) is 4.03. The number of aldehydes is 1. The summed E-state index contributed by atoms with van der Waals surface area (Å²) in [6, 6.07) is 18.7. The molecule has 132 valence electrons. The molecule has 0 aliphatic carbocycles. The monoisotopic (exact) mass is 367 g/mol. The van der Waals surface area contributed by atoms with Crippen molar-refractivity contribution in [2.75, 3.05) is 13.2 Å². The molecule has 0 spiro atoms. The van der Waals surface area contributed by atoms with Crippen molar-refractivity contribution < 1.29 is 14.3 Å². The van der Waals surface area contributed by atoms with Gasteiger partial charge in [0.25, 0.3) is 5.91 Å². The lowest BCUT2D eigenvalue weighted by molar-refractivity contribution is -0.123. The fourth-order valence-electron chi connectivity index (χ4n) is 2.76. The average molecular weight is 368 g/mol. The van der Waals surface area contributed by atoms with Gasteiger partial charge in [-0.1, -0.05) is 54.1 Å². The summed E-state index contributed by atoms with van der Waals surface area (Å²) in [4.78, 5) is 23.4. The Morgan fingerprint density at radius 1 is 1.08 bits per heavy atom. The molecule has 1 N–H and O–H groups in total. The maximum Gasteiger partial charge on any atom is 0.257 e. The number of carbonyl (C=O) groups is 2. The molecule has 0 saturated heterocycles. The van der Waals surface area contributed by atoms with Crippen molar-refractivity contribution in [1.82, 2.24) is 5.32 Å². The zero-order valence-corrected chi connectivity index (χ0v) is 14.8. The van der Waals surface area contributed by atoms with Crippen LogP contribution in [0.25, 0.3) is 10.8 Å². The van der Waals surface area contributed by atoms with Gasteiger partial charge in [-0.3, -0.25) is 9.59 Å². The van der Waals surface area contributed by atoms with Crippen molar-refractivity contribution in [2.24, 2.45) is 0 Å². The van der Waals surface area contributed by atoms with E-state index in [4.69, 9.17) is 16.3 Å². The van der Waals surface area contributed by atoms with Crippen LogP contribution >= 0.6 is 11.6 Å². The highest BCUT2D eigenvalue weighted by Crippen LogP contribution is 2.26. The first-order chi connectivity index (χ1) is 12.7. The van der Waals surface area contributed by atoms with Crippen LogP contribution in [0.15, 0.2) is 60.7 Å². The molecule has 5 heteroatoms. The van der Waals surface area contributed by atoms with E-state index in [-0.39, 0.29) is 12.5 Å². The topological polar surface area (TPSA) is 55.4 Å². The summed E-state index contributed by atoms with van der Waals surface area (Å²) in [6.07, 6.45) is 1.44. The molecule has 0 bridgehead atoms. The highest BCUT2D eigenvalue weighted by Gasteiger charge is 2.10. The number of rotatable bonds is 7. The molecule has 26 heavy (non-hydrogen) atoms.